The van der Waals surface area contributed by atoms with Crippen molar-refractivity contribution in [3.63, 3.8) is 0 Å². The second-order valence-corrected chi connectivity index (χ2v) is 7.43. The Morgan fingerprint density at radius 3 is 1.89 bits per heavy atom. The van der Waals surface area contributed by atoms with Crippen LogP contribution in [-0.4, -0.2) is 20.7 Å². The summed E-state index contributed by atoms with van der Waals surface area (Å²) in [6.07, 6.45) is 1.14. The van der Waals surface area contributed by atoms with Gasteiger partial charge in [-0.05, 0) is 36.6 Å². The van der Waals surface area contributed by atoms with Crippen LogP contribution in [0.4, 0.5) is 11.4 Å². The molecule has 0 aliphatic carbocycles. The van der Waals surface area contributed by atoms with E-state index in [2.05, 4.69) is 37.7 Å². The van der Waals surface area contributed by atoms with E-state index < -0.39 is 10.0 Å². The van der Waals surface area contributed by atoms with Gasteiger partial charge in [-0.25, -0.2) is 8.42 Å². The van der Waals surface area contributed by atoms with Gasteiger partial charge in [0.1, 0.15) is 0 Å². The Morgan fingerprint density at radius 1 is 1.06 bits per heavy atom. The third-order valence-corrected chi connectivity index (χ3v) is 3.48. The lowest BCUT2D eigenvalue weighted by Crippen LogP contribution is -2.30. The van der Waals surface area contributed by atoms with E-state index in [1.54, 1.807) is 12.1 Å². The highest BCUT2D eigenvalue weighted by molar-refractivity contribution is 7.92. The van der Waals surface area contributed by atoms with Crippen molar-refractivity contribution in [2.75, 3.05) is 16.3 Å². The summed E-state index contributed by atoms with van der Waals surface area (Å²) >= 11 is 0. The van der Waals surface area contributed by atoms with Gasteiger partial charge < -0.3 is 5.32 Å². The monoisotopic (exact) mass is 270 g/mol. The molecule has 0 aliphatic heterocycles. The first-order valence-corrected chi connectivity index (χ1v) is 7.81. The largest absolute Gasteiger partial charge is 0.382 e. The van der Waals surface area contributed by atoms with Crippen molar-refractivity contribution < 1.29 is 8.42 Å². The average molecular weight is 270 g/mol. The van der Waals surface area contributed by atoms with E-state index in [-0.39, 0.29) is 5.41 Å². The van der Waals surface area contributed by atoms with Gasteiger partial charge in [0.05, 0.1) is 6.26 Å². The number of nitrogens with one attached hydrogen (secondary N) is 2. The molecular weight excluding hydrogens is 248 g/mol. The second-order valence-electron chi connectivity index (χ2n) is 5.68. The van der Waals surface area contributed by atoms with Crippen LogP contribution >= 0.6 is 0 Å². The lowest BCUT2D eigenvalue weighted by Gasteiger charge is -2.29. The van der Waals surface area contributed by atoms with E-state index >= 15 is 0 Å². The minimum absolute atomic E-state index is 0.170. The van der Waals surface area contributed by atoms with E-state index in [4.69, 9.17) is 0 Å². The summed E-state index contributed by atoms with van der Waals surface area (Å²) in [5.41, 5.74) is 1.73. The van der Waals surface area contributed by atoms with Crippen LogP contribution in [0.5, 0.6) is 0 Å². The van der Waals surface area contributed by atoms with Crippen molar-refractivity contribution in [1.82, 2.24) is 0 Å². The lowest BCUT2D eigenvalue weighted by atomic mass is 9.88. The summed E-state index contributed by atoms with van der Waals surface area (Å²) in [7, 11) is -3.21. The first-order valence-electron chi connectivity index (χ1n) is 5.92. The quantitative estimate of drug-likeness (QED) is 0.884. The summed E-state index contributed by atoms with van der Waals surface area (Å²) in [6.45, 7) is 8.64. The van der Waals surface area contributed by atoms with Crippen LogP contribution in [-0.2, 0) is 10.0 Å². The summed E-state index contributed by atoms with van der Waals surface area (Å²) in [5.74, 6) is 0. The molecule has 1 rings (SSSR count). The SMILES string of the molecule is C[C@@H](Nc1ccc(NS(C)(=O)=O)cc1)C(C)(C)C. The van der Waals surface area contributed by atoms with Crippen molar-refractivity contribution in [2.45, 2.75) is 33.7 Å². The molecule has 5 heteroatoms. The molecule has 0 radical (unpaired) electrons. The number of hydrogen-bond donors (Lipinski definition) is 2. The highest BCUT2D eigenvalue weighted by Crippen LogP contribution is 2.23. The van der Waals surface area contributed by atoms with Crippen molar-refractivity contribution in [3.05, 3.63) is 24.3 Å². The molecule has 1 atom stereocenters. The van der Waals surface area contributed by atoms with Crippen LogP contribution in [0.1, 0.15) is 27.7 Å². The maximum absolute atomic E-state index is 11.1. The molecule has 2 N–H and O–H groups in total. The molecule has 0 amide bonds. The molecule has 18 heavy (non-hydrogen) atoms. The Hall–Kier alpha value is -1.23. The molecule has 0 aliphatic rings. The Kier molecular flexibility index (Phi) is 4.27. The molecule has 0 spiro atoms. The molecular formula is C13H22N2O2S. The van der Waals surface area contributed by atoms with E-state index in [0.29, 0.717) is 11.7 Å². The molecule has 0 fully saturated rings. The van der Waals surface area contributed by atoms with Crippen LogP contribution in [0.15, 0.2) is 24.3 Å². The van der Waals surface area contributed by atoms with Crippen LogP contribution < -0.4 is 10.0 Å². The summed E-state index contributed by atoms with van der Waals surface area (Å²) in [6, 6.07) is 7.56. The summed E-state index contributed by atoms with van der Waals surface area (Å²) < 4.78 is 24.6. The van der Waals surface area contributed by atoms with Gasteiger partial charge >= 0.3 is 0 Å². The van der Waals surface area contributed by atoms with Crippen molar-refractivity contribution in [2.24, 2.45) is 5.41 Å². The lowest BCUT2D eigenvalue weighted by molar-refractivity contribution is 0.359. The minimum atomic E-state index is -3.21. The van der Waals surface area contributed by atoms with E-state index in [0.717, 1.165) is 11.9 Å². The fourth-order valence-electron chi connectivity index (χ4n) is 1.32. The zero-order chi connectivity index (χ0) is 14.0. The second kappa shape index (κ2) is 5.18. The molecule has 4 nitrogen and oxygen atoms in total. The number of hydrogen-bond acceptors (Lipinski definition) is 3. The van der Waals surface area contributed by atoms with Crippen LogP contribution in [0.25, 0.3) is 0 Å². The van der Waals surface area contributed by atoms with E-state index in [1.165, 1.54) is 0 Å². The third kappa shape index (κ3) is 4.96. The first kappa shape index (κ1) is 14.8. The Balaban J connectivity index is 2.72. The topological polar surface area (TPSA) is 58.2 Å². The highest BCUT2D eigenvalue weighted by atomic mass is 32.2. The molecule has 0 heterocycles. The molecule has 0 aromatic heterocycles. The third-order valence-electron chi connectivity index (χ3n) is 2.87. The van der Waals surface area contributed by atoms with Gasteiger partial charge in [0, 0.05) is 17.4 Å². The molecule has 0 saturated carbocycles. The normalized spacial score (nSPS) is 14.1. The van der Waals surface area contributed by atoms with Crippen LogP contribution in [0.2, 0.25) is 0 Å². The molecule has 0 saturated heterocycles. The van der Waals surface area contributed by atoms with E-state index in [1.807, 2.05) is 12.1 Å². The maximum atomic E-state index is 11.1. The number of rotatable bonds is 4. The van der Waals surface area contributed by atoms with Crippen molar-refractivity contribution in [3.8, 4) is 0 Å². The fraction of sp³-hybridized carbons (Fsp3) is 0.538. The molecule has 0 bridgehead atoms. The Labute approximate surface area is 110 Å². The number of sulfonamides is 1. The molecule has 0 unspecified atom stereocenters. The Morgan fingerprint density at radius 2 is 1.50 bits per heavy atom. The van der Waals surface area contributed by atoms with Gasteiger partial charge in [-0.2, -0.15) is 0 Å². The number of benzene rings is 1. The number of anilines is 2. The van der Waals surface area contributed by atoms with Crippen LogP contribution in [0, 0.1) is 5.41 Å². The van der Waals surface area contributed by atoms with Crippen LogP contribution in [0.3, 0.4) is 0 Å². The predicted octanol–water partition coefficient (Wildman–Crippen LogP) is 2.90. The van der Waals surface area contributed by atoms with Gasteiger partial charge in [0.25, 0.3) is 0 Å². The molecule has 102 valence electrons. The Bertz CT molecular complexity index is 487. The molecule has 1 aromatic rings. The van der Waals surface area contributed by atoms with Gasteiger partial charge in [-0.3, -0.25) is 4.72 Å². The van der Waals surface area contributed by atoms with Crippen molar-refractivity contribution >= 4 is 21.4 Å². The van der Waals surface area contributed by atoms with Gasteiger partial charge in [0.15, 0.2) is 0 Å². The average Bonchev–Trinajstić information content (AvgIpc) is 2.17. The van der Waals surface area contributed by atoms with E-state index in [9.17, 15) is 8.42 Å². The standard InChI is InChI=1S/C13H22N2O2S/c1-10(13(2,3)4)14-11-6-8-12(9-7-11)15-18(5,16)17/h6-10,14-15H,1-5H3/t10-/m1/s1. The predicted molar refractivity (Wildman–Crippen MR) is 77.4 cm³/mol. The highest BCUT2D eigenvalue weighted by Gasteiger charge is 2.19. The van der Waals surface area contributed by atoms with Gasteiger partial charge in [-0.1, -0.05) is 20.8 Å². The maximum Gasteiger partial charge on any atom is 0.229 e. The zero-order valence-electron chi connectivity index (χ0n) is 11.6. The molecule has 1 aromatic carbocycles. The van der Waals surface area contributed by atoms with Gasteiger partial charge in [-0.15, -0.1) is 0 Å². The van der Waals surface area contributed by atoms with Gasteiger partial charge in [0.2, 0.25) is 10.0 Å². The zero-order valence-corrected chi connectivity index (χ0v) is 12.4. The summed E-state index contributed by atoms with van der Waals surface area (Å²) in [5, 5.41) is 3.39. The fourth-order valence-corrected chi connectivity index (χ4v) is 1.88. The van der Waals surface area contributed by atoms with Crippen molar-refractivity contribution in [1.29, 1.82) is 0 Å². The first-order chi connectivity index (χ1) is 8.08. The summed E-state index contributed by atoms with van der Waals surface area (Å²) in [4.78, 5) is 0. The smallest absolute Gasteiger partial charge is 0.229 e. The minimum Gasteiger partial charge on any atom is -0.382 e.